The third-order valence-electron chi connectivity index (χ3n) is 4.79. The Hall–Kier alpha value is -1.95. The lowest BCUT2D eigenvalue weighted by Gasteiger charge is -2.36. The van der Waals surface area contributed by atoms with Crippen molar-refractivity contribution in [2.45, 2.75) is 38.1 Å². The van der Waals surface area contributed by atoms with Crippen LogP contribution in [0.4, 0.5) is 5.82 Å². The van der Waals surface area contributed by atoms with Crippen LogP contribution in [-0.4, -0.2) is 42.5 Å². The number of imide groups is 1. The number of pyridine rings is 1. The van der Waals surface area contributed by atoms with E-state index in [-0.39, 0.29) is 11.8 Å². The molecule has 2 fully saturated rings. The van der Waals surface area contributed by atoms with E-state index >= 15 is 0 Å². The second-order valence-electron chi connectivity index (χ2n) is 6.36. The Kier molecular flexibility index (Phi) is 3.87. The Bertz CT molecular complexity index is 586. The first kappa shape index (κ1) is 15.0. The molecule has 1 aromatic heterocycles. The first-order chi connectivity index (χ1) is 10.5. The maximum atomic E-state index is 12.2. The number of piperazine rings is 1. The Morgan fingerprint density at radius 1 is 1.36 bits per heavy atom. The highest BCUT2D eigenvalue weighted by Crippen LogP contribution is 2.32. The van der Waals surface area contributed by atoms with Crippen LogP contribution in [0, 0.1) is 0 Å². The van der Waals surface area contributed by atoms with Crippen LogP contribution in [0.1, 0.15) is 32.3 Å². The van der Waals surface area contributed by atoms with Crippen LogP contribution in [0.3, 0.4) is 0 Å². The SMILES string of the molecule is C[C@@H]1CNCCN1c1ccc([C@@]2(C)CCC(=O)NC2=O)cn1. The van der Waals surface area contributed by atoms with E-state index in [4.69, 9.17) is 0 Å². The number of aromatic nitrogens is 1. The number of piperidine rings is 1. The number of hydrogen-bond acceptors (Lipinski definition) is 5. The lowest BCUT2D eigenvalue weighted by molar-refractivity contribution is -0.137. The van der Waals surface area contributed by atoms with Crippen molar-refractivity contribution in [2.24, 2.45) is 0 Å². The Morgan fingerprint density at radius 2 is 2.18 bits per heavy atom. The van der Waals surface area contributed by atoms with Crippen LogP contribution in [0.25, 0.3) is 0 Å². The molecule has 0 spiro atoms. The van der Waals surface area contributed by atoms with Gasteiger partial charge in [-0.05, 0) is 31.9 Å². The molecule has 2 amide bonds. The molecule has 22 heavy (non-hydrogen) atoms. The predicted molar refractivity (Wildman–Crippen MR) is 83.7 cm³/mol. The number of nitrogens with one attached hydrogen (secondary N) is 2. The van der Waals surface area contributed by atoms with Gasteiger partial charge in [0.15, 0.2) is 0 Å². The summed E-state index contributed by atoms with van der Waals surface area (Å²) in [7, 11) is 0. The summed E-state index contributed by atoms with van der Waals surface area (Å²) in [5.74, 6) is 0.518. The second kappa shape index (κ2) is 5.68. The van der Waals surface area contributed by atoms with Crippen molar-refractivity contribution in [1.82, 2.24) is 15.6 Å². The smallest absolute Gasteiger partial charge is 0.236 e. The van der Waals surface area contributed by atoms with E-state index in [0.717, 1.165) is 31.0 Å². The molecule has 2 saturated heterocycles. The summed E-state index contributed by atoms with van der Waals surface area (Å²) in [5, 5.41) is 5.79. The molecule has 0 saturated carbocycles. The maximum absolute atomic E-state index is 12.2. The predicted octanol–water partition coefficient (Wildman–Crippen LogP) is 0.574. The average molecular weight is 302 g/mol. The molecular weight excluding hydrogens is 280 g/mol. The van der Waals surface area contributed by atoms with Crippen molar-refractivity contribution in [1.29, 1.82) is 0 Å². The largest absolute Gasteiger partial charge is 0.351 e. The molecule has 6 nitrogen and oxygen atoms in total. The highest BCUT2D eigenvalue weighted by molar-refractivity contribution is 6.03. The number of carbonyl (C=O) groups excluding carboxylic acids is 2. The number of hydrogen-bond donors (Lipinski definition) is 2. The molecule has 2 N–H and O–H groups in total. The highest BCUT2D eigenvalue weighted by atomic mass is 16.2. The van der Waals surface area contributed by atoms with Gasteiger partial charge in [0.2, 0.25) is 11.8 Å². The standard InChI is InChI=1S/C16H22N4O2/c1-11-9-17-7-8-20(11)13-4-3-12(10-18-13)16(2)6-5-14(21)19-15(16)22/h3-4,10-11,17H,5-9H2,1-2H3,(H,19,21,22)/t11-,16-/m1/s1. The fourth-order valence-electron chi connectivity index (χ4n) is 3.14. The lowest BCUT2D eigenvalue weighted by atomic mass is 9.76. The van der Waals surface area contributed by atoms with Crippen molar-refractivity contribution in [2.75, 3.05) is 24.5 Å². The van der Waals surface area contributed by atoms with Crippen LogP contribution >= 0.6 is 0 Å². The van der Waals surface area contributed by atoms with Crippen LogP contribution in [0.15, 0.2) is 18.3 Å². The summed E-state index contributed by atoms with van der Waals surface area (Å²) >= 11 is 0. The van der Waals surface area contributed by atoms with Gasteiger partial charge in [0.25, 0.3) is 0 Å². The van der Waals surface area contributed by atoms with Gasteiger partial charge in [-0.25, -0.2) is 4.98 Å². The van der Waals surface area contributed by atoms with Crippen LogP contribution in [-0.2, 0) is 15.0 Å². The number of nitrogens with zero attached hydrogens (tertiary/aromatic N) is 2. The summed E-state index contributed by atoms with van der Waals surface area (Å²) < 4.78 is 0. The zero-order valence-corrected chi connectivity index (χ0v) is 13.1. The van der Waals surface area contributed by atoms with E-state index in [9.17, 15) is 9.59 Å². The minimum absolute atomic E-state index is 0.193. The highest BCUT2D eigenvalue weighted by Gasteiger charge is 2.40. The fourth-order valence-corrected chi connectivity index (χ4v) is 3.14. The number of anilines is 1. The van der Waals surface area contributed by atoms with Gasteiger partial charge in [0, 0.05) is 38.3 Å². The Balaban J connectivity index is 1.82. The molecule has 0 unspecified atom stereocenters. The van der Waals surface area contributed by atoms with Gasteiger partial charge in [-0.15, -0.1) is 0 Å². The summed E-state index contributed by atoms with van der Waals surface area (Å²) in [4.78, 5) is 30.3. The van der Waals surface area contributed by atoms with E-state index < -0.39 is 5.41 Å². The van der Waals surface area contributed by atoms with Crippen molar-refractivity contribution in [3.8, 4) is 0 Å². The molecule has 2 aliphatic heterocycles. The molecular formula is C16H22N4O2. The molecule has 0 radical (unpaired) electrons. The Morgan fingerprint density at radius 3 is 2.82 bits per heavy atom. The molecule has 118 valence electrons. The molecule has 6 heteroatoms. The molecule has 0 bridgehead atoms. The van der Waals surface area contributed by atoms with Gasteiger partial charge in [-0.3, -0.25) is 14.9 Å². The topological polar surface area (TPSA) is 74.3 Å². The fraction of sp³-hybridized carbons (Fsp3) is 0.562. The monoisotopic (exact) mass is 302 g/mol. The zero-order valence-electron chi connectivity index (χ0n) is 13.1. The molecule has 0 aliphatic carbocycles. The maximum Gasteiger partial charge on any atom is 0.236 e. The minimum Gasteiger partial charge on any atom is -0.351 e. The van der Waals surface area contributed by atoms with Gasteiger partial charge < -0.3 is 10.2 Å². The van der Waals surface area contributed by atoms with E-state index in [2.05, 4.69) is 27.4 Å². The third-order valence-corrected chi connectivity index (χ3v) is 4.79. The number of carbonyl (C=O) groups is 2. The van der Waals surface area contributed by atoms with E-state index in [1.165, 1.54) is 0 Å². The first-order valence-corrected chi connectivity index (χ1v) is 7.79. The first-order valence-electron chi connectivity index (χ1n) is 7.79. The molecule has 3 heterocycles. The van der Waals surface area contributed by atoms with Gasteiger partial charge >= 0.3 is 0 Å². The van der Waals surface area contributed by atoms with Gasteiger partial charge in [0.05, 0.1) is 5.41 Å². The summed E-state index contributed by atoms with van der Waals surface area (Å²) in [6, 6.07) is 4.34. The molecule has 2 atom stereocenters. The lowest BCUT2D eigenvalue weighted by Crippen LogP contribution is -2.50. The quantitative estimate of drug-likeness (QED) is 0.782. The Labute approximate surface area is 130 Å². The minimum atomic E-state index is -0.672. The molecule has 1 aromatic rings. The molecule has 0 aromatic carbocycles. The van der Waals surface area contributed by atoms with Crippen molar-refractivity contribution >= 4 is 17.6 Å². The molecule has 2 aliphatic rings. The van der Waals surface area contributed by atoms with Crippen LogP contribution in [0.2, 0.25) is 0 Å². The normalized spacial score (nSPS) is 29.4. The number of amides is 2. The second-order valence-corrected chi connectivity index (χ2v) is 6.36. The third kappa shape index (κ3) is 2.59. The summed E-state index contributed by atoms with van der Waals surface area (Å²) in [6.45, 7) is 6.88. The van der Waals surface area contributed by atoms with Crippen molar-refractivity contribution in [3.63, 3.8) is 0 Å². The van der Waals surface area contributed by atoms with Crippen molar-refractivity contribution in [3.05, 3.63) is 23.9 Å². The van der Waals surface area contributed by atoms with Gasteiger partial charge in [-0.1, -0.05) is 6.07 Å². The van der Waals surface area contributed by atoms with Gasteiger partial charge in [-0.2, -0.15) is 0 Å². The van der Waals surface area contributed by atoms with E-state index in [1.54, 1.807) is 6.20 Å². The summed E-state index contributed by atoms with van der Waals surface area (Å²) in [5.41, 5.74) is 0.193. The van der Waals surface area contributed by atoms with Crippen molar-refractivity contribution < 1.29 is 9.59 Å². The van der Waals surface area contributed by atoms with Crippen LogP contribution in [0.5, 0.6) is 0 Å². The van der Waals surface area contributed by atoms with E-state index in [0.29, 0.717) is 18.9 Å². The zero-order chi connectivity index (χ0) is 15.7. The number of rotatable bonds is 2. The van der Waals surface area contributed by atoms with Gasteiger partial charge in [0.1, 0.15) is 5.82 Å². The molecule has 3 rings (SSSR count). The summed E-state index contributed by atoms with van der Waals surface area (Å²) in [6.07, 6.45) is 2.68. The van der Waals surface area contributed by atoms with Crippen LogP contribution < -0.4 is 15.5 Å². The van der Waals surface area contributed by atoms with E-state index in [1.807, 2.05) is 19.1 Å². The average Bonchev–Trinajstić information content (AvgIpc) is 2.52.